The Morgan fingerprint density at radius 2 is 2.05 bits per heavy atom. The first-order chi connectivity index (χ1) is 8.99. The normalized spacial score (nSPS) is 10.2. The molecule has 0 saturated heterocycles. The first-order valence-electron chi connectivity index (χ1n) is 5.37. The van der Waals surface area contributed by atoms with E-state index in [0.717, 1.165) is 0 Å². The first kappa shape index (κ1) is 13.5. The highest BCUT2D eigenvalue weighted by Crippen LogP contribution is 2.16. The van der Waals surface area contributed by atoms with Crippen molar-refractivity contribution < 1.29 is 4.79 Å². The third-order valence-corrected chi connectivity index (χ3v) is 3.01. The SMILES string of the molecule is Cn1ncc(C(N)=S)c1NC(=O)c1ccc(Cl)cc1. The molecule has 1 aromatic carbocycles. The number of nitrogens with one attached hydrogen (secondary N) is 1. The monoisotopic (exact) mass is 294 g/mol. The van der Waals surface area contributed by atoms with Gasteiger partial charge in [0, 0.05) is 17.6 Å². The molecule has 0 spiro atoms. The second kappa shape index (κ2) is 5.38. The average Bonchev–Trinajstić information content (AvgIpc) is 2.72. The summed E-state index contributed by atoms with van der Waals surface area (Å²) in [6.07, 6.45) is 1.51. The van der Waals surface area contributed by atoms with Crippen molar-refractivity contribution in [3.8, 4) is 0 Å². The standard InChI is InChI=1S/C12H11ClN4OS/c1-17-11(9(6-15-17)10(14)19)16-12(18)7-2-4-8(13)5-3-7/h2-6H,1H3,(H2,14,19)(H,16,18). The highest BCUT2D eigenvalue weighted by molar-refractivity contribution is 7.80. The average molecular weight is 295 g/mol. The smallest absolute Gasteiger partial charge is 0.256 e. The number of benzene rings is 1. The van der Waals surface area contributed by atoms with E-state index in [1.165, 1.54) is 10.9 Å². The maximum atomic E-state index is 12.1. The van der Waals surface area contributed by atoms with E-state index in [9.17, 15) is 4.79 Å². The molecule has 1 heterocycles. The highest BCUT2D eigenvalue weighted by atomic mass is 35.5. The van der Waals surface area contributed by atoms with Crippen molar-refractivity contribution in [2.75, 3.05) is 5.32 Å². The number of carbonyl (C=O) groups excluding carboxylic acids is 1. The van der Waals surface area contributed by atoms with Crippen LogP contribution < -0.4 is 11.1 Å². The van der Waals surface area contributed by atoms with Gasteiger partial charge in [0.1, 0.15) is 10.8 Å². The van der Waals surface area contributed by atoms with E-state index in [2.05, 4.69) is 10.4 Å². The Morgan fingerprint density at radius 3 is 2.63 bits per heavy atom. The largest absolute Gasteiger partial charge is 0.389 e. The molecule has 3 N–H and O–H groups in total. The molecular weight excluding hydrogens is 284 g/mol. The van der Waals surface area contributed by atoms with Gasteiger partial charge in [0.15, 0.2) is 0 Å². The van der Waals surface area contributed by atoms with Gasteiger partial charge in [-0.3, -0.25) is 9.48 Å². The van der Waals surface area contributed by atoms with Gasteiger partial charge in [-0.05, 0) is 24.3 Å². The zero-order valence-corrected chi connectivity index (χ0v) is 11.6. The Morgan fingerprint density at radius 1 is 1.42 bits per heavy atom. The minimum atomic E-state index is -0.280. The van der Waals surface area contributed by atoms with E-state index in [4.69, 9.17) is 29.6 Å². The molecule has 5 nitrogen and oxygen atoms in total. The van der Waals surface area contributed by atoms with Crippen LogP contribution in [0.15, 0.2) is 30.5 Å². The van der Waals surface area contributed by atoms with Crippen LogP contribution in [0.3, 0.4) is 0 Å². The maximum absolute atomic E-state index is 12.1. The van der Waals surface area contributed by atoms with Gasteiger partial charge in [-0.1, -0.05) is 23.8 Å². The molecule has 98 valence electrons. The van der Waals surface area contributed by atoms with Gasteiger partial charge in [0.2, 0.25) is 0 Å². The zero-order valence-electron chi connectivity index (χ0n) is 10.1. The second-order valence-corrected chi connectivity index (χ2v) is 4.73. The number of nitrogens with two attached hydrogens (primary N) is 1. The van der Waals surface area contributed by atoms with Crippen molar-refractivity contribution in [1.82, 2.24) is 9.78 Å². The van der Waals surface area contributed by atoms with E-state index in [1.54, 1.807) is 31.3 Å². The van der Waals surface area contributed by atoms with Crippen LogP contribution in [0.25, 0.3) is 0 Å². The minimum absolute atomic E-state index is 0.180. The molecule has 0 unspecified atom stereocenters. The number of halogens is 1. The van der Waals surface area contributed by atoms with Crippen molar-refractivity contribution in [3.63, 3.8) is 0 Å². The molecule has 7 heteroatoms. The van der Waals surface area contributed by atoms with Crippen molar-refractivity contribution in [2.45, 2.75) is 0 Å². The number of hydrogen-bond acceptors (Lipinski definition) is 3. The molecule has 0 radical (unpaired) electrons. The molecule has 1 amide bonds. The van der Waals surface area contributed by atoms with Gasteiger partial charge in [-0.25, -0.2) is 0 Å². The van der Waals surface area contributed by atoms with Crippen LogP contribution in [-0.4, -0.2) is 20.7 Å². The summed E-state index contributed by atoms with van der Waals surface area (Å²) in [7, 11) is 1.69. The fourth-order valence-corrected chi connectivity index (χ4v) is 1.82. The van der Waals surface area contributed by atoms with Crippen LogP contribution in [-0.2, 0) is 7.05 Å². The van der Waals surface area contributed by atoms with E-state index in [0.29, 0.717) is 22.0 Å². The Bertz CT molecular complexity index is 636. The van der Waals surface area contributed by atoms with E-state index < -0.39 is 0 Å². The molecule has 1 aromatic heterocycles. The molecule has 0 aliphatic rings. The van der Waals surface area contributed by atoms with Crippen LogP contribution >= 0.6 is 23.8 Å². The molecular formula is C12H11ClN4OS. The van der Waals surface area contributed by atoms with E-state index in [-0.39, 0.29) is 10.9 Å². The number of aromatic nitrogens is 2. The number of hydrogen-bond donors (Lipinski definition) is 2. The molecule has 2 aromatic rings. The van der Waals surface area contributed by atoms with Crippen molar-refractivity contribution in [2.24, 2.45) is 12.8 Å². The zero-order chi connectivity index (χ0) is 14.0. The summed E-state index contributed by atoms with van der Waals surface area (Å²) in [6, 6.07) is 6.56. The lowest BCUT2D eigenvalue weighted by Gasteiger charge is -2.07. The van der Waals surface area contributed by atoms with Crippen LogP contribution in [0.5, 0.6) is 0 Å². The minimum Gasteiger partial charge on any atom is -0.389 e. The van der Waals surface area contributed by atoms with E-state index >= 15 is 0 Å². The molecule has 0 fully saturated rings. The van der Waals surface area contributed by atoms with Gasteiger partial charge in [-0.2, -0.15) is 5.10 Å². The highest BCUT2D eigenvalue weighted by Gasteiger charge is 2.14. The number of anilines is 1. The quantitative estimate of drug-likeness (QED) is 0.849. The fraction of sp³-hybridized carbons (Fsp3) is 0.0833. The van der Waals surface area contributed by atoms with Crippen LogP contribution in [0.4, 0.5) is 5.82 Å². The second-order valence-electron chi connectivity index (χ2n) is 3.86. The summed E-state index contributed by atoms with van der Waals surface area (Å²) >= 11 is 10.7. The topological polar surface area (TPSA) is 72.9 Å². The van der Waals surface area contributed by atoms with Crippen LogP contribution in [0.1, 0.15) is 15.9 Å². The molecule has 19 heavy (non-hydrogen) atoms. The van der Waals surface area contributed by atoms with Gasteiger partial charge >= 0.3 is 0 Å². The lowest BCUT2D eigenvalue weighted by atomic mass is 10.2. The number of nitrogens with zero attached hydrogens (tertiary/aromatic N) is 2. The number of aryl methyl sites for hydroxylation is 1. The molecule has 0 aliphatic carbocycles. The van der Waals surface area contributed by atoms with Gasteiger partial charge in [-0.15, -0.1) is 0 Å². The van der Waals surface area contributed by atoms with Gasteiger partial charge in [0.25, 0.3) is 5.91 Å². The molecule has 0 saturated carbocycles. The first-order valence-corrected chi connectivity index (χ1v) is 6.16. The van der Waals surface area contributed by atoms with Gasteiger partial charge in [0.05, 0.1) is 11.8 Å². The van der Waals surface area contributed by atoms with Crippen molar-refractivity contribution >= 4 is 40.5 Å². The third-order valence-electron chi connectivity index (χ3n) is 2.54. The summed E-state index contributed by atoms with van der Waals surface area (Å²) in [5, 5.41) is 7.31. The summed E-state index contributed by atoms with van der Waals surface area (Å²) in [4.78, 5) is 12.3. The number of thiocarbonyl (C=S) groups is 1. The Labute approximate surface area is 120 Å². The Hall–Kier alpha value is -1.92. The molecule has 0 aliphatic heterocycles. The third kappa shape index (κ3) is 2.91. The predicted molar refractivity (Wildman–Crippen MR) is 78.5 cm³/mol. The van der Waals surface area contributed by atoms with Crippen molar-refractivity contribution in [3.05, 3.63) is 46.6 Å². The summed E-state index contributed by atoms with van der Waals surface area (Å²) in [5.41, 5.74) is 6.58. The molecule has 0 atom stereocenters. The number of amides is 1. The Kier molecular flexibility index (Phi) is 3.82. The van der Waals surface area contributed by atoms with Crippen molar-refractivity contribution in [1.29, 1.82) is 0 Å². The van der Waals surface area contributed by atoms with Crippen LogP contribution in [0.2, 0.25) is 5.02 Å². The number of carbonyl (C=O) groups is 1. The van der Waals surface area contributed by atoms with E-state index in [1.807, 2.05) is 0 Å². The van der Waals surface area contributed by atoms with Gasteiger partial charge < -0.3 is 11.1 Å². The van der Waals surface area contributed by atoms with Crippen LogP contribution in [0, 0.1) is 0 Å². The maximum Gasteiger partial charge on any atom is 0.256 e. The lowest BCUT2D eigenvalue weighted by molar-refractivity contribution is 0.102. The predicted octanol–water partition coefficient (Wildman–Crippen LogP) is 1.96. The number of rotatable bonds is 3. The Balaban J connectivity index is 2.26. The summed E-state index contributed by atoms with van der Waals surface area (Å²) in [6.45, 7) is 0. The molecule has 0 bridgehead atoms. The summed E-state index contributed by atoms with van der Waals surface area (Å²) in [5.74, 6) is 0.185. The molecule has 2 rings (SSSR count). The lowest BCUT2D eigenvalue weighted by Crippen LogP contribution is -2.18. The fourth-order valence-electron chi connectivity index (χ4n) is 1.55. The summed E-state index contributed by atoms with van der Waals surface area (Å²) < 4.78 is 1.50.